The molecule has 216 valence electrons. The summed E-state index contributed by atoms with van der Waals surface area (Å²) in [4.78, 5) is 21.4. The van der Waals surface area contributed by atoms with E-state index < -0.39 is 16.1 Å². The summed E-state index contributed by atoms with van der Waals surface area (Å²) in [5, 5.41) is 13.0. The molecule has 1 saturated heterocycles. The van der Waals surface area contributed by atoms with E-state index in [-0.39, 0.29) is 23.6 Å². The molecule has 3 N–H and O–H groups in total. The molecule has 3 aromatic rings. The number of thiazole rings is 1. The first-order valence-corrected chi connectivity index (χ1v) is 16.7. The second-order valence-electron chi connectivity index (χ2n) is 11.2. The van der Waals surface area contributed by atoms with E-state index in [4.69, 9.17) is 9.72 Å². The lowest BCUT2D eigenvalue weighted by Crippen LogP contribution is -2.42. The van der Waals surface area contributed by atoms with E-state index in [1.807, 2.05) is 24.3 Å². The molecule has 3 aliphatic rings. The summed E-state index contributed by atoms with van der Waals surface area (Å²) in [6.45, 7) is 1.18. The first-order valence-electron chi connectivity index (χ1n) is 14.0. The molecule has 8 nitrogen and oxygen atoms in total. The Morgan fingerprint density at radius 2 is 1.78 bits per heavy atom. The predicted molar refractivity (Wildman–Crippen MR) is 159 cm³/mol. The molecule has 0 radical (unpaired) electrons. The molecule has 41 heavy (non-hydrogen) atoms. The summed E-state index contributed by atoms with van der Waals surface area (Å²) in [7, 11) is -2.47. The van der Waals surface area contributed by atoms with Crippen molar-refractivity contribution in [1.82, 2.24) is 10.3 Å². The van der Waals surface area contributed by atoms with Crippen LogP contribution >= 0.6 is 21.9 Å². The van der Waals surface area contributed by atoms with Crippen LogP contribution in [0.25, 0.3) is 10.4 Å². The Labute approximate surface area is 244 Å². The van der Waals surface area contributed by atoms with E-state index in [1.54, 1.807) is 12.1 Å². The van der Waals surface area contributed by atoms with Crippen LogP contribution in [0.5, 0.6) is 10.9 Å². The Bertz CT molecular complexity index is 1440. The average Bonchev–Trinajstić information content (AvgIpc) is 3.63. The number of hydrogen-bond donors (Lipinski definition) is 3. The van der Waals surface area contributed by atoms with Crippen LogP contribution in [0.15, 0.2) is 48.5 Å². The van der Waals surface area contributed by atoms with Gasteiger partial charge >= 0.3 is 0 Å². The van der Waals surface area contributed by atoms with Gasteiger partial charge < -0.3 is 15.0 Å². The van der Waals surface area contributed by atoms with E-state index in [0.717, 1.165) is 47.5 Å². The minimum Gasteiger partial charge on any atom is -0.431 e. The van der Waals surface area contributed by atoms with Crippen molar-refractivity contribution in [2.24, 2.45) is 5.92 Å². The molecule has 3 fully saturated rings. The van der Waals surface area contributed by atoms with Crippen LogP contribution in [0.4, 0.5) is 10.1 Å². The number of amides is 1. The van der Waals surface area contributed by atoms with Crippen LogP contribution in [0.1, 0.15) is 50.1 Å². The van der Waals surface area contributed by atoms with Gasteiger partial charge in [-0.05, 0) is 67.6 Å². The number of ether oxygens (including phenoxy) is 1. The third kappa shape index (κ3) is 6.21. The second kappa shape index (κ2) is 11.2. The van der Waals surface area contributed by atoms with Crippen molar-refractivity contribution >= 4 is 33.5 Å². The molecular weight excluding hydrogens is 563 g/mol. The molecule has 6 rings (SSSR count). The Morgan fingerprint density at radius 3 is 2.44 bits per heavy atom. The number of carbonyl (C=O) groups excluding carboxylic acids is 1. The zero-order valence-electron chi connectivity index (χ0n) is 22.6. The number of anilines is 1. The topological polar surface area (TPSA) is 119 Å². The maximum Gasteiger partial charge on any atom is 0.279 e. The van der Waals surface area contributed by atoms with Gasteiger partial charge in [0, 0.05) is 30.6 Å². The van der Waals surface area contributed by atoms with Crippen molar-refractivity contribution in [2.45, 2.75) is 50.0 Å². The monoisotopic (exact) mass is 596 g/mol. The molecule has 1 aliphatic heterocycles. The molecule has 0 unspecified atom stereocenters. The van der Waals surface area contributed by atoms with E-state index in [0.29, 0.717) is 48.4 Å². The summed E-state index contributed by atoms with van der Waals surface area (Å²) in [6, 6.07) is 16.2. The number of carbonyl (C=O) groups is 1. The number of nitriles is 1. The van der Waals surface area contributed by atoms with E-state index in [9.17, 15) is 23.6 Å². The molecule has 2 saturated carbocycles. The fourth-order valence-corrected chi connectivity index (χ4v) is 7.96. The number of benzene rings is 2. The third-order valence-electron chi connectivity index (χ3n) is 8.30. The fraction of sp³-hybridized carbons (Fsp3) is 0.433. The molecule has 0 bridgehead atoms. The number of rotatable bonds is 7. The SMILES string of the molecule is N#CC1(NC(=O)[C@@H]2CCCC[C@H]2c2nc(Oc3ccc(F)cc3)sc2-c2ccc(N3CCS(O)(O)CC3)cc2)CC1. The average molecular weight is 597 g/mol. The number of nitrogens with zero attached hydrogens (tertiary/aromatic N) is 3. The van der Waals surface area contributed by atoms with Gasteiger partial charge in [0.05, 0.1) is 28.1 Å². The Hall–Kier alpha value is -3.17. The van der Waals surface area contributed by atoms with E-state index >= 15 is 0 Å². The van der Waals surface area contributed by atoms with Crippen LogP contribution in [-0.4, -0.2) is 50.1 Å². The highest BCUT2D eigenvalue weighted by Gasteiger charge is 2.47. The van der Waals surface area contributed by atoms with Gasteiger partial charge in [-0.15, -0.1) is 0 Å². The summed E-state index contributed by atoms with van der Waals surface area (Å²) < 4.78 is 39.5. The van der Waals surface area contributed by atoms with Gasteiger partial charge in [0.25, 0.3) is 5.19 Å². The molecule has 1 amide bonds. The molecule has 2 heterocycles. The summed E-state index contributed by atoms with van der Waals surface area (Å²) in [6.07, 6.45) is 4.84. The van der Waals surface area contributed by atoms with Crippen molar-refractivity contribution in [3.8, 4) is 27.5 Å². The lowest BCUT2D eigenvalue weighted by Gasteiger charge is -2.41. The number of nitrogens with one attached hydrogen (secondary N) is 1. The maximum absolute atomic E-state index is 13.5. The highest BCUT2D eigenvalue weighted by molar-refractivity contribution is 8.24. The molecule has 11 heteroatoms. The quantitative estimate of drug-likeness (QED) is 0.276. The molecule has 1 aromatic heterocycles. The minimum atomic E-state index is -2.47. The first kappa shape index (κ1) is 28.0. The maximum atomic E-state index is 13.5. The number of aromatic nitrogens is 1. The van der Waals surface area contributed by atoms with Gasteiger partial charge in [-0.1, -0.05) is 36.3 Å². The van der Waals surface area contributed by atoms with Gasteiger partial charge in [-0.25, -0.2) is 9.37 Å². The molecule has 2 atom stereocenters. The molecule has 2 aliphatic carbocycles. The van der Waals surface area contributed by atoms with Gasteiger partial charge in [0.2, 0.25) is 5.91 Å². The Balaban J connectivity index is 1.31. The lowest BCUT2D eigenvalue weighted by molar-refractivity contribution is -0.127. The zero-order chi connectivity index (χ0) is 28.6. The van der Waals surface area contributed by atoms with E-state index in [1.165, 1.54) is 23.5 Å². The van der Waals surface area contributed by atoms with Gasteiger partial charge in [-0.3, -0.25) is 13.9 Å². The minimum absolute atomic E-state index is 0.0832. The standard InChI is InChI=1S/C30H33FN4O4S2/c31-21-7-11-23(12-8-21)39-29-33-26(24-3-1-2-4-25(24)28(36)34-30(19-32)13-14-30)27(40-29)20-5-9-22(10-6-20)35-15-17-41(37,38)18-16-35/h5-12,24-25,37-38H,1-4,13-18H2,(H,34,36)/t24-,25-/m1/s1. The highest BCUT2D eigenvalue weighted by atomic mass is 32.3. The van der Waals surface area contributed by atoms with Gasteiger partial charge in [-0.2, -0.15) is 15.9 Å². The summed E-state index contributed by atoms with van der Waals surface area (Å²) in [5.41, 5.74) is 2.06. The summed E-state index contributed by atoms with van der Waals surface area (Å²) in [5.74, 6) is 0.376. The van der Waals surface area contributed by atoms with E-state index in [2.05, 4.69) is 16.3 Å². The number of hydrogen-bond acceptors (Lipinski definition) is 8. The lowest BCUT2D eigenvalue weighted by atomic mass is 9.76. The molecular formula is C30H33FN4O4S2. The van der Waals surface area contributed by atoms with Crippen LogP contribution in [0, 0.1) is 23.1 Å². The van der Waals surface area contributed by atoms with Crippen molar-refractivity contribution in [3.05, 3.63) is 60.0 Å². The number of halogens is 1. The largest absolute Gasteiger partial charge is 0.431 e. The van der Waals surface area contributed by atoms with Gasteiger partial charge in [0.15, 0.2) is 0 Å². The third-order valence-corrected chi connectivity index (χ3v) is 11.0. The zero-order valence-corrected chi connectivity index (χ0v) is 24.2. The van der Waals surface area contributed by atoms with Crippen LogP contribution in [0.3, 0.4) is 0 Å². The normalized spacial score (nSPS) is 23.7. The first-order chi connectivity index (χ1) is 19.7. The molecule has 2 aromatic carbocycles. The predicted octanol–water partition coefficient (Wildman–Crippen LogP) is 6.76. The Morgan fingerprint density at radius 1 is 1.10 bits per heavy atom. The second-order valence-corrected chi connectivity index (χ2v) is 14.6. The van der Waals surface area contributed by atoms with Crippen molar-refractivity contribution in [3.63, 3.8) is 0 Å². The highest BCUT2D eigenvalue weighted by Crippen LogP contribution is 2.47. The van der Waals surface area contributed by atoms with Crippen molar-refractivity contribution < 1.29 is 23.0 Å². The van der Waals surface area contributed by atoms with Crippen molar-refractivity contribution in [1.29, 1.82) is 5.26 Å². The van der Waals surface area contributed by atoms with Crippen LogP contribution < -0.4 is 15.0 Å². The Kier molecular flexibility index (Phi) is 7.68. The smallest absolute Gasteiger partial charge is 0.279 e. The van der Waals surface area contributed by atoms with Crippen LogP contribution in [0.2, 0.25) is 0 Å². The van der Waals surface area contributed by atoms with Crippen molar-refractivity contribution in [2.75, 3.05) is 29.5 Å². The summed E-state index contributed by atoms with van der Waals surface area (Å²) >= 11 is 1.40. The fourth-order valence-electron chi connectivity index (χ4n) is 5.72. The van der Waals surface area contributed by atoms with Crippen LogP contribution in [-0.2, 0) is 4.79 Å². The molecule has 0 spiro atoms. The van der Waals surface area contributed by atoms with Gasteiger partial charge in [0.1, 0.15) is 17.1 Å².